The number of nitrogens with one attached hydrogen (secondary N) is 1. The maximum atomic E-state index is 12.3. The summed E-state index contributed by atoms with van der Waals surface area (Å²) in [5.41, 5.74) is 1.09. The molecule has 0 aliphatic carbocycles. The van der Waals surface area contributed by atoms with E-state index in [1.807, 2.05) is 0 Å². The van der Waals surface area contributed by atoms with Crippen LogP contribution in [0.1, 0.15) is 21.7 Å². The molecular formula is C13H13ClN4O3. The van der Waals surface area contributed by atoms with Crippen LogP contribution in [0.2, 0.25) is 5.02 Å². The van der Waals surface area contributed by atoms with Crippen molar-refractivity contribution in [2.24, 2.45) is 7.05 Å². The molecule has 7 nitrogen and oxygen atoms in total. The molecule has 2 aromatic rings. The van der Waals surface area contributed by atoms with Gasteiger partial charge in [-0.1, -0.05) is 17.7 Å². The van der Waals surface area contributed by atoms with E-state index in [1.54, 1.807) is 25.1 Å². The van der Waals surface area contributed by atoms with E-state index in [9.17, 15) is 14.9 Å². The number of nitro groups is 1. The first-order valence-electron chi connectivity index (χ1n) is 6.06. The predicted octanol–water partition coefficient (Wildman–Crippen LogP) is 2.85. The van der Waals surface area contributed by atoms with Gasteiger partial charge in [0, 0.05) is 17.8 Å². The van der Waals surface area contributed by atoms with Gasteiger partial charge < -0.3 is 5.32 Å². The number of hydrogen-bond acceptors (Lipinski definition) is 4. The SMILES string of the molecule is Cc1ccc(Cl)cc1NC(=O)c1c([N+](=O)[O-])c(C)nn1C. The third-order valence-corrected chi connectivity index (χ3v) is 3.27. The molecule has 21 heavy (non-hydrogen) atoms. The minimum Gasteiger partial charge on any atom is -0.320 e. The van der Waals surface area contributed by atoms with Gasteiger partial charge in [0.2, 0.25) is 5.69 Å². The number of amides is 1. The van der Waals surface area contributed by atoms with Crippen molar-refractivity contribution in [3.63, 3.8) is 0 Å². The molecule has 0 unspecified atom stereocenters. The van der Waals surface area contributed by atoms with Crippen LogP contribution in [0.5, 0.6) is 0 Å². The summed E-state index contributed by atoms with van der Waals surface area (Å²) in [5.74, 6) is -0.602. The largest absolute Gasteiger partial charge is 0.322 e. The van der Waals surface area contributed by atoms with Gasteiger partial charge in [0.1, 0.15) is 5.69 Å². The molecule has 0 aliphatic heterocycles. The Morgan fingerprint density at radius 1 is 1.43 bits per heavy atom. The molecule has 0 bridgehead atoms. The van der Waals surface area contributed by atoms with Crippen molar-refractivity contribution in [3.8, 4) is 0 Å². The van der Waals surface area contributed by atoms with Crippen molar-refractivity contribution in [2.45, 2.75) is 13.8 Å². The van der Waals surface area contributed by atoms with E-state index in [4.69, 9.17) is 11.6 Å². The number of halogens is 1. The van der Waals surface area contributed by atoms with Crippen molar-refractivity contribution in [1.29, 1.82) is 0 Å². The Morgan fingerprint density at radius 2 is 2.10 bits per heavy atom. The average molecular weight is 309 g/mol. The molecule has 0 fully saturated rings. The first-order chi connectivity index (χ1) is 9.81. The van der Waals surface area contributed by atoms with Crippen LogP contribution in [-0.4, -0.2) is 20.6 Å². The molecule has 8 heteroatoms. The molecule has 1 amide bonds. The fraction of sp³-hybridized carbons (Fsp3) is 0.231. The first-order valence-corrected chi connectivity index (χ1v) is 6.44. The number of rotatable bonds is 3. The lowest BCUT2D eigenvalue weighted by atomic mass is 10.2. The number of benzene rings is 1. The van der Waals surface area contributed by atoms with Gasteiger partial charge in [-0.3, -0.25) is 19.6 Å². The molecule has 0 spiro atoms. The zero-order chi connectivity index (χ0) is 15.7. The van der Waals surface area contributed by atoms with E-state index in [0.29, 0.717) is 10.7 Å². The van der Waals surface area contributed by atoms with Crippen molar-refractivity contribution >= 4 is 28.9 Å². The van der Waals surface area contributed by atoms with Gasteiger partial charge in [0.15, 0.2) is 0 Å². The average Bonchev–Trinajstić information content (AvgIpc) is 2.68. The molecule has 0 radical (unpaired) electrons. The first kappa shape index (κ1) is 15.0. The molecule has 0 aliphatic rings. The summed E-state index contributed by atoms with van der Waals surface area (Å²) in [6, 6.07) is 5.04. The van der Waals surface area contributed by atoms with Gasteiger partial charge >= 0.3 is 5.69 Å². The van der Waals surface area contributed by atoms with E-state index >= 15 is 0 Å². The smallest absolute Gasteiger partial charge is 0.320 e. The molecule has 0 saturated carbocycles. The van der Waals surface area contributed by atoms with Crippen LogP contribution in [0.15, 0.2) is 18.2 Å². The van der Waals surface area contributed by atoms with E-state index in [1.165, 1.54) is 18.7 Å². The van der Waals surface area contributed by atoms with Gasteiger partial charge in [-0.2, -0.15) is 5.10 Å². The number of carbonyl (C=O) groups excluding carboxylic acids is 1. The number of carbonyl (C=O) groups is 1. The van der Waals surface area contributed by atoms with Crippen molar-refractivity contribution in [2.75, 3.05) is 5.32 Å². The molecular weight excluding hydrogens is 296 g/mol. The van der Waals surface area contributed by atoms with Gasteiger partial charge in [-0.05, 0) is 31.5 Å². The number of anilines is 1. The Bertz CT molecular complexity index is 739. The highest BCUT2D eigenvalue weighted by molar-refractivity contribution is 6.31. The molecule has 1 heterocycles. The number of aromatic nitrogens is 2. The van der Waals surface area contributed by atoms with Crippen LogP contribution in [0.4, 0.5) is 11.4 Å². The third-order valence-electron chi connectivity index (χ3n) is 3.04. The number of hydrogen-bond donors (Lipinski definition) is 1. The van der Waals surface area contributed by atoms with Crippen LogP contribution in [0.25, 0.3) is 0 Å². The topological polar surface area (TPSA) is 90.1 Å². The quantitative estimate of drug-likeness (QED) is 0.697. The Hall–Kier alpha value is -2.41. The molecule has 1 aromatic heterocycles. The molecule has 2 rings (SSSR count). The van der Waals surface area contributed by atoms with Gasteiger partial charge in [0.25, 0.3) is 5.91 Å². The third kappa shape index (κ3) is 2.87. The maximum Gasteiger partial charge on any atom is 0.322 e. The zero-order valence-electron chi connectivity index (χ0n) is 11.7. The second-order valence-corrected chi connectivity index (χ2v) is 5.01. The summed E-state index contributed by atoms with van der Waals surface area (Å²) < 4.78 is 1.20. The fourth-order valence-electron chi connectivity index (χ4n) is 2.03. The summed E-state index contributed by atoms with van der Waals surface area (Å²) >= 11 is 5.89. The van der Waals surface area contributed by atoms with Gasteiger partial charge in [-0.25, -0.2) is 0 Å². The lowest BCUT2D eigenvalue weighted by Crippen LogP contribution is -2.18. The Kier molecular flexibility index (Phi) is 3.95. The maximum absolute atomic E-state index is 12.3. The van der Waals surface area contributed by atoms with Crippen molar-refractivity contribution in [1.82, 2.24) is 9.78 Å². The molecule has 110 valence electrons. The summed E-state index contributed by atoms with van der Waals surface area (Å²) in [6.45, 7) is 3.29. The van der Waals surface area contributed by atoms with E-state index in [2.05, 4.69) is 10.4 Å². The van der Waals surface area contributed by atoms with Gasteiger partial charge in [0.05, 0.1) is 4.92 Å². The van der Waals surface area contributed by atoms with Crippen LogP contribution < -0.4 is 5.32 Å². The summed E-state index contributed by atoms with van der Waals surface area (Å²) in [6.07, 6.45) is 0. The molecule has 0 atom stereocenters. The van der Waals surface area contributed by atoms with E-state index in [-0.39, 0.29) is 17.1 Å². The van der Waals surface area contributed by atoms with Gasteiger partial charge in [-0.15, -0.1) is 0 Å². The van der Waals surface area contributed by atoms with Crippen LogP contribution in [0, 0.1) is 24.0 Å². The Balaban J connectivity index is 2.42. The van der Waals surface area contributed by atoms with Crippen LogP contribution in [-0.2, 0) is 7.05 Å². The Morgan fingerprint density at radius 3 is 2.71 bits per heavy atom. The normalized spacial score (nSPS) is 10.5. The minimum absolute atomic E-state index is 0.100. The lowest BCUT2D eigenvalue weighted by molar-refractivity contribution is -0.385. The zero-order valence-corrected chi connectivity index (χ0v) is 12.4. The molecule has 1 N–H and O–H groups in total. The van der Waals surface area contributed by atoms with Crippen LogP contribution in [0.3, 0.4) is 0 Å². The highest BCUT2D eigenvalue weighted by Gasteiger charge is 2.29. The number of aryl methyl sites for hydroxylation is 3. The van der Waals surface area contributed by atoms with Crippen LogP contribution >= 0.6 is 11.6 Å². The van der Waals surface area contributed by atoms with E-state index < -0.39 is 10.8 Å². The predicted molar refractivity (Wildman–Crippen MR) is 78.7 cm³/mol. The van der Waals surface area contributed by atoms with E-state index in [0.717, 1.165) is 5.56 Å². The summed E-state index contributed by atoms with van der Waals surface area (Å²) in [5, 5.41) is 18.1. The highest BCUT2D eigenvalue weighted by Crippen LogP contribution is 2.25. The second kappa shape index (κ2) is 5.53. The van der Waals surface area contributed by atoms with Crippen molar-refractivity contribution < 1.29 is 9.72 Å². The Labute approximate surface area is 125 Å². The number of nitrogens with zero attached hydrogens (tertiary/aromatic N) is 3. The molecule has 0 saturated heterocycles. The summed E-state index contributed by atoms with van der Waals surface area (Å²) in [4.78, 5) is 22.8. The monoisotopic (exact) mass is 308 g/mol. The minimum atomic E-state index is -0.609. The molecule has 1 aromatic carbocycles. The van der Waals surface area contributed by atoms with Crippen molar-refractivity contribution in [3.05, 3.63) is 50.3 Å². The standard InChI is InChI=1S/C13H13ClN4O3/c1-7-4-5-9(14)6-10(7)15-13(19)12-11(18(20)21)8(2)16-17(12)3/h4-6H,1-3H3,(H,15,19). The second-order valence-electron chi connectivity index (χ2n) is 4.58. The lowest BCUT2D eigenvalue weighted by Gasteiger charge is -2.08. The fourth-order valence-corrected chi connectivity index (χ4v) is 2.20. The summed E-state index contributed by atoms with van der Waals surface area (Å²) in [7, 11) is 1.49. The highest BCUT2D eigenvalue weighted by atomic mass is 35.5.